The molecule has 16 heavy (non-hydrogen) atoms. The lowest BCUT2D eigenvalue weighted by molar-refractivity contribution is -0.158. The molecule has 0 aliphatic heterocycles. The van der Waals surface area contributed by atoms with E-state index in [1.54, 1.807) is 13.8 Å². The monoisotopic (exact) mass is 253 g/mol. The van der Waals surface area contributed by atoms with Crippen molar-refractivity contribution in [2.45, 2.75) is 27.7 Å². The van der Waals surface area contributed by atoms with Crippen LogP contribution in [0.25, 0.3) is 0 Å². The molecule has 0 rings (SSSR count). The van der Waals surface area contributed by atoms with E-state index in [2.05, 4.69) is 0 Å². The van der Waals surface area contributed by atoms with Crippen LogP contribution >= 0.6 is 7.60 Å². The molecule has 0 saturated carbocycles. The quantitative estimate of drug-likeness (QED) is 0.340. The van der Waals surface area contributed by atoms with Gasteiger partial charge in [0, 0.05) is 19.3 Å². The summed E-state index contributed by atoms with van der Waals surface area (Å²) in [7, 11) is -2.88. The van der Waals surface area contributed by atoms with Gasteiger partial charge in [-0.15, -0.1) is 0 Å². The number of hydrogen-bond acceptors (Lipinski definition) is 5. The predicted octanol–water partition coefficient (Wildman–Crippen LogP) is 2.53. The summed E-state index contributed by atoms with van der Waals surface area (Å²) in [5.74, 6) is 0. The maximum atomic E-state index is 11.9. The number of hydroxylamine groups is 2. The molecule has 0 N–H and O–H groups in total. The fraction of sp³-hybridized carbons (Fsp3) is 1.00. The molecular formula is C10H24NO4P. The second-order valence-corrected chi connectivity index (χ2v) is 5.50. The van der Waals surface area contributed by atoms with Gasteiger partial charge in [0.25, 0.3) is 0 Å². The van der Waals surface area contributed by atoms with Gasteiger partial charge in [-0.3, -0.25) is 9.40 Å². The molecule has 1 unspecified atom stereocenters. The van der Waals surface area contributed by atoms with Crippen molar-refractivity contribution in [3.05, 3.63) is 0 Å². The predicted molar refractivity (Wildman–Crippen MR) is 64.6 cm³/mol. The molecule has 0 heterocycles. The van der Waals surface area contributed by atoms with Crippen molar-refractivity contribution in [2.24, 2.45) is 0 Å². The van der Waals surface area contributed by atoms with Crippen LogP contribution in [-0.4, -0.2) is 44.1 Å². The van der Waals surface area contributed by atoms with E-state index in [1.807, 2.05) is 18.9 Å². The fourth-order valence-corrected chi connectivity index (χ4v) is 2.35. The zero-order valence-electron chi connectivity index (χ0n) is 10.8. The molecule has 0 aromatic rings. The van der Waals surface area contributed by atoms with Gasteiger partial charge < -0.3 is 9.05 Å². The van der Waals surface area contributed by atoms with Crippen LogP contribution in [0.5, 0.6) is 0 Å². The summed E-state index contributed by atoms with van der Waals surface area (Å²) in [6, 6.07) is 0. The van der Waals surface area contributed by atoms with Crippen LogP contribution < -0.4 is 0 Å². The Morgan fingerprint density at radius 2 is 1.62 bits per heavy atom. The summed E-state index contributed by atoms with van der Waals surface area (Å²) in [6.07, 6.45) is 0.395. The van der Waals surface area contributed by atoms with Crippen LogP contribution in [0, 0.1) is 0 Å². The molecule has 0 radical (unpaired) electrons. The van der Waals surface area contributed by atoms with Crippen molar-refractivity contribution >= 4 is 7.60 Å². The van der Waals surface area contributed by atoms with Crippen LogP contribution in [-0.2, 0) is 18.5 Å². The molecule has 0 aromatic heterocycles. The van der Waals surface area contributed by atoms with Gasteiger partial charge in [0.05, 0.1) is 19.8 Å². The number of rotatable bonds is 10. The minimum absolute atomic E-state index is 0.293. The van der Waals surface area contributed by atoms with E-state index in [4.69, 9.17) is 13.9 Å². The highest BCUT2D eigenvalue weighted by molar-refractivity contribution is 7.53. The van der Waals surface area contributed by atoms with Crippen LogP contribution in [0.2, 0.25) is 0 Å². The lowest BCUT2D eigenvalue weighted by atomic mass is 10.6. The minimum atomic E-state index is -2.88. The maximum Gasteiger partial charge on any atom is 0.330 e. The first-order chi connectivity index (χ1) is 7.61. The Morgan fingerprint density at radius 3 is 2.06 bits per heavy atom. The highest BCUT2D eigenvalue weighted by Gasteiger charge is 2.20. The topological polar surface area (TPSA) is 48.0 Å². The Balaban J connectivity index is 3.74. The molecular weight excluding hydrogens is 229 g/mol. The highest BCUT2D eigenvalue weighted by atomic mass is 31.2. The molecule has 0 aliphatic rings. The molecule has 0 fully saturated rings. The molecule has 98 valence electrons. The first-order valence-corrected chi connectivity index (χ1v) is 7.60. The van der Waals surface area contributed by atoms with Crippen molar-refractivity contribution in [2.75, 3.05) is 39.1 Å². The van der Waals surface area contributed by atoms with Gasteiger partial charge >= 0.3 is 7.60 Å². The van der Waals surface area contributed by atoms with Crippen molar-refractivity contribution < 1.29 is 18.5 Å². The molecule has 0 aromatic carbocycles. The zero-order valence-corrected chi connectivity index (χ0v) is 11.7. The van der Waals surface area contributed by atoms with E-state index in [9.17, 15) is 4.57 Å². The largest absolute Gasteiger partial charge is 0.330 e. The first-order valence-electron chi connectivity index (χ1n) is 5.87. The Hall–Kier alpha value is 0.0700. The third-order valence-corrected chi connectivity index (χ3v) is 4.07. The Labute approximate surface area is 98.5 Å². The third-order valence-electron chi connectivity index (χ3n) is 2.06. The lowest BCUT2D eigenvalue weighted by Crippen LogP contribution is -2.25. The van der Waals surface area contributed by atoms with Gasteiger partial charge in [0.15, 0.2) is 0 Å². The summed E-state index contributed by atoms with van der Waals surface area (Å²) in [5, 5.41) is 1.82. The minimum Gasteiger partial charge on any atom is -0.309 e. The molecule has 6 heteroatoms. The highest BCUT2D eigenvalue weighted by Crippen LogP contribution is 2.47. The standard InChI is InChI=1S/C10H24NO4P/c1-5-11(6-2)13-9-10-15-16(12,8-4)14-7-3/h5-10H2,1-4H3. The first kappa shape index (κ1) is 16.1. The third kappa shape index (κ3) is 6.61. The van der Waals surface area contributed by atoms with Crippen molar-refractivity contribution in [3.8, 4) is 0 Å². The molecule has 0 saturated heterocycles. The van der Waals surface area contributed by atoms with E-state index in [-0.39, 0.29) is 0 Å². The molecule has 0 bridgehead atoms. The van der Waals surface area contributed by atoms with Crippen molar-refractivity contribution in [3.63, 3.8) is 0 Å². The summed E-state index contributed by atoms with van der Waals surface area (Å²) < 4.78 is 22.2. The molecule has 0 aliphatic carbocycles. The van der Waals surface area contributed by atoms with Crippen LogP contribution in [0.3, 0.4) is 0 Å². The SMILES string of the molecule is CCOP(=O)(CC)OCCON(CC)CC. The second kappa shape index (κ2) is 9.14. The van der Waals surface area contributed by atoms with Gasteiger partial charge in [-0.1, -0.05) is 20.8 Å². The smallest absolute Gasteiger partial charge is 0.309 e. The molecule has 5 nitrogen and oxygen atoms in total. The van der Waals surface area contributed by atoms with Crippen LogP contribution in [0.1, 0.15) is 27.7 Å². The normalized spacial score (nSPS) is 15.3. The summed E-state index contributed by atoms with van der Waals surface area (Å²) in [4.78, 5) is 5.39. The van der Waals surface area contributed by atoms with E-state index < -0.39 is 7.60 Å². The van der Waals surface area contributed by atoms with E-state index in [1.165, 1.54) is 0 Å². The average molecular weight is 253 g/mol. The van der Waals surface area contributed by atoms with Crippen molar-refractivity contribution in [1.29, 1.82) is 0 Å². The average Bonchev–Trinajstić information content (AvgIpc) is 2.30. The number of nitrogens with zero attached hydrogens (tertiary/aromatic N) is 1. The molecule has 1 atom stereocenters. The lowest BCUT2D eigenvalue weighted by Gasteiger charge is -2.19. The van der Waals surface area contributed by atoms with Gasteiger partial charge in [0.2, 0.25) is 0 Å². The summed E-state index contributed by atoms with van der Waals surface area (Å²) in [5.41, 5.74) is 0. The molecule has 0 amide bonds. The van der Waals surface area contributed by atoms with Gasteiger partial charge in [0.1, 0.15) is 0 Å². The number of hydrogen-bond donors (Lipinski definition) is 0. The van der Waals surface area contributed by atoms with Gasteiger partial charge in [-0.2, -0.15) is 5.06 Å². The van der Waals surface area contributed by atoms with Gasteiger partial charge in [-0.25, -0.2) is 0 Å². The maximum absolute atomic E-state index is 11.9. The summed E-state index contributed by atoms with van der Waals surface area (Å²) >= 11 is 0. The second-order valence-electron chi connectivity index (χ2n) is 3.13. The Kier molecular flexibility index (Phi) is 9.18. The summed E-state index contributed by atoms with van der Waals surface area (Å²) in [6.45, 7) is 10.4. The van der Waals surface area contributed by atoms with Crippen LogP contribution in [0.15, 0.2) is 0 Å². The van der Waals surface area contributed by atoms with Crippen LogP contribution in [0.4, 0.5) is 0 Å². The fourth-order valence-electron chi connectivity index (χ4n) is 1.17. The van der Waals surface area contributed by atoms with E-state index in [0.717, 1.165) is 13.1 Å². The zero-order chi connectivity index (χ0) is 12.4. The van der Waals surface area contributed by atoms with E-state index in [0.29, 0.717) is 26.0 Å². The molecule has 0 spiro atoms. The van der Waals surface area contributed by atoms with Crippen molar-refractivity contribution in [1.82, 2.24) is 5.06 Å². The van der Waals surface area contributed by atoms with E-state index >= 15 is 0 Å². The Morgan fingerprint density at radius 1 is 1.00 bits per heavy atom. The van der Waals surface area contributed by atoms with Gasteiger partial charge in [-0.05, 0) is 6.92 Å². The Bertz CT molecular complexity index is 209.